The zero-order chi connectivity index (χ0) is 23.1. The smallest absolute Gasteiger partial charge is 0.243 e. The van der Waals surface area contributed by atoms with Crippen molar-refractivity contribution in [3.8, 4) is 5.75 Å². The van der Waals surface area contributed by atoms with Gasteiger partial charge in [0.15, 0.2) is 0 Å². The number of hydrogen-bond donors (Lipinski definition) is 1. The van der Waals surface area contributed by atoms with E-state index in [-0.39, 0.29) is 41.3 Å². The van der Waals surface area contributed by atoms with Crippen LogP contribution in [0.2, 0.25) is 5.02 Å². The van der Waals surface area contributed by atoms with Crippen LogP contribution in [0.3, 0.4) is 0 Å². The van der Waals surface area contributed by atoms with E-state index >= 15 is 0 Å². The second-order valence-corrected chi connectivity index (χ2v) is 10.2. The van der Waals surface area contributed by atoms with Gasteiger partial charge in [-0.05, 0) is 29.7 Å². The number of sulfonamides is 1. The van der Waals surface area contributed by atoms with Crippen LogP contribution in [-0.2, 0) is 14.8 Å². The van der Waals surface area contributed by atoms with Crippen LogP contribution in [-0.4, -0.2) is 69.9 Å². The molecular formula is C23H30ClN3O4S. The molecule has 0 aliphatic carbocycles. The molecule has 0 radical (unpaired) electrons. The van der Waals surface area contributed by atoms with E-state index < -0.39 is 10.0 Å². The van der Waals surface area contributed by atoms with Gasteiger partial charge in [-0.3, -0.25) is 4.79 Å². The number of carbonyl (C=O) groups is 1. The molecule has 1 atom stereocenters. The first-order valence-corrected chi connectivity index (χ1v) is 12.5. The summed E-state index contributed by atoms with van der Waals surface area (Å²) in [4.78, 5) is 14.6. The first-order valence-electron chi connectivity index (χ1n) is 10.7. The topological polar surface area (TPSA) is 79.0 Å². The highest BCUT2D eigenvalue weighted by molar-refractivity contribution is 7.89. The molecule has 2 aromatic carbocycles. The SMILES string of the molecule is COc1ccc(S(=O)(=O)N(CCC(=O)N2CCNCC2)CC(C)c2ccccc2)cc1Cl. The first-order chi connectivity index (χ1) is 15.3. The number of piperazine rings is 1. The Labute approximate surface area is 195 Å². The van der Waals surface area contributed by atoms with E-state index in [0.717, 1.165) is 18.7 Å². The Bertz CT molecular complexity index is 1010. The minimum atomic E-state index is -3.87. The van der Waals surface area contributed by atoms with E-state index in [1.807, 2.05) is 37.3 Å². The fourth-order valence-corrected chi connectivity index (χ4v) is 5.63. The molecule has 0 saturated carbocycles. The van der Waals surface area contributed by atoms with Crippen LogP contribution in [0.4, 0.5) is 0 Å². The molecule has 3 rings (SSSR count). The number of benzene rings is 2. The molecule has 0 spiro atoms. The Morgan fingerprint density at radius 3 is 2.50 bits per heavy atom. The lowest BCUT2D eigenvalue weighted by molar-refractivity contribution is -0.131. The average Bonchev–Trinajstić information content (AvgIpc) is 2.82. The number of rotatable bonds is 9. The summed E-state index contributed by atoms with van der Waals surface area (Å²) in [6.07, 6.45) is 0.130. The summed E-state index contributed by atoms with van der Waals surface area (Å²) in [5.41, 5.74) is 1.04. The zero-order valence-electron chi connectivity index (χ0n) is 18.5. The van der Waals surface area contributed by atoms with E-state index in [2.05, 4.69) is 5.32 Å². The summed E-state index contributed by atoms with van der Waals surface area (Å²) in [6.45, 7) is 5.13. The minimum Gasteiger partial charge on any atom is -0.495 e. The second-order valence-electron chi connectivity index (χ2n) is 7.85. The van der Waals surface area contributed by atoms with Crippen molar-refractivity contribution in [1.29, 1.82) is 0 Å². The fourth-order valence-electron chi connectivity index (χ4n) is 3.75. The van der Waals surface area contributed by atoms with Gasteiger partial charge in [0.1, 0.15) is 5.75 Å². The molecule has 7 nitrogen and oxygen atoms in total. The maximum absolute atomic E-state index is 13.5. The van der Waals surface area contributed by atoms with E-state index in [9.17, 15) is 13.2 Å². The predicted molar refractivity (Wildman–Crippen MR) is 126 cm³/mol. The van der Waals surface area contributed by atoms with Crippen LogP contribution < -0.4 is 10.1 Å². The summed E-state index contributed by atoms with van der Waals surface area (Å²) in [7, 11) is -2.39. The molecule has 1 amide bonds. The number of methoxy groups -OCH3 is 1. The normalized spacial score (nSPS) is 15.6. The van der Waals surface area contributed by atoms with E-state index in [1.165, 1.54) is 23.5 Å². The maximum Gasteiger partial charge on any atom is 0.243 e. The minimum absolute atomic E-state index is 0.0353. The first kappa shape index (κ1) is 24.5. The van der Waals surface area contributed by atoms with Gasteiger partial charge in [0.25, 0.3) is 0 Å². The van der Waals surface area contributed by atoms with E-state index in [0.29, 0.717) is 18.8 Å². The highest BCUT2D eigenvalue weighted by Gasteiger charge is 2.28. The van der Waals surface area contributed by atoms with Gasteiger partial charge in [-0.1, -0.05) is 48.9 Å². The molecule has 1 N–H and O–H groups in total. The molecule has 1 unspecified atom stereocenters. The van der Waals surface area contributed by atoms with Crippen molar-refractivity contribution in [2.45, 2.75) is 24.2 Å². The van der Waals surface area contributed by atoms with Crippen LogP contribution >= 0.6 is 11.6 Å². The Hall–Kier alpha value is -2.13. The molecule has 1 saturated heterocycles. The Kier molecular flexibility index (Phi) is 8.53. The lowest BCUT2D eigenvalue weighted by Crippen LogP contribution is -2.47. The van der Waals surface area contributed by atoms with Crippen molar-refractivity contribution >= 4 is 27.5 Å². The van der Waals surface area contributed by atoms with Crippen molar-refractivity contribution in [2.24, 2.45) is 0 Å². The Morgan fingerprint density at radius 1 is 1.19 bits per heavy atom. The lowest BCUT2D eigenvalue weighted by atomic mass is 10.0. The van der Waals surface area contributed by atoms with Gasteiger partial charge in [0.2, 0.25) is 15.9 Å². The number of ether oxygens (including phenoxy) is 1. The standard InChI is InChI=1S/C23H30ClN3O4S/c1-18(19-6-4-3-5-7-19)17-27(13-10-23(28)26-14-11-25-12-15-26)32(29,30)20-8-9-22(31-2)21(24)16-20/h3-9,16,18,25H,10-15,17H2,1-2H3. The molecule has 0 aromatic heterocycles. The van der Waals surface area contributed by atoms with Crippen molar-refractivity contribution in [1.82, 2.24) is 14.5 Å². The van der Waals surface area contributed by atoms with Crippen molar-refractivity contribution in [2.75, 3.05) is 46.4 Å². The Balaban J connectivity index is 1.83. The highest BCUT2D eigenvalue weighted by atomic mass is 35.5. The van der Waals surface area contributed by atoms with E-state index in [4.69, 9.17) is 16.3 Å². The molecule has 1 fully saturated rings. The number of hydrogen-bond acceptors (Lipinski definition) is 5. The number of nitrogens with zero attached hydrogens (tertiary/aromatic N) is 2. The number of halogens is 1. The lowest BCUT2D eigenvalue weighted by Gasteiger charge is -2.29. The quantitative estimate of drug-likeness (QED) is 0.598. The van der Waals surface area contributed by atoms with Crippen molar-refractivity contribution in [3.63, 3.8) is 0 Å². The van der Waals surface area contributed by atoms with Gasteiger partial charge in [-0.25, -0.2) is 8.42 Å². The largest absolute Gasteiger partial charge is 0.495 e. The second kappa shape index (κ2) is 11.1. The van der Waals surface area contributed by atoms with Crippen LogP contribution in [0.25, 0.3) is 0 Å². The molecule has 1 aliphatic heterocycles. The van der Waals surface area contributed by atoms with Crippen molar-refractivity contribution < 1.29 is 17.9 Å². The van der Waals surface area contributed by atoms with Gasteiger partial charge < -0.3 is 15.0 Å². The summed E-state index contributed by atoms with van der Waals surface area (Å²) in [6, 6.07) is 14.2. The van der Waals surface area contributed by atoms with Crippen LogP contribution in [0.5, 0.6) is 5.75 Å². The van der Waals surface area contributed by atoms with E-state index in [1.54, 1.807) is 11.0 Å². The number of nitrogens with one attached hydrogen (secondary N) is 1. The van der Waals surface area contributed by atoms with Crippen molar-refractivity contribution in [3.05, 3.63) is 59.1 Å². The van der Waals surface area contributed by atoms with Crippen LogP contribution in [0.1, 0.15) is 24.8 Å². The van der Waals surface area contributed by atoms with Crippen LogP contribution in [0, 0.1) is 0 Å². The van der Waals surface area contributed by atoms with Gasteiger partial charge in [0.05, 0.1) is 17.0 Å². The third kappa shape index (κ3) is 6.01. The van der Waals surface area contributed by atoms with Gasteiger partial charge in [0, 0.05) is 45.7 Å². The summed E-state index contributed by atoms with van der Waals surface area (Å²) in [5.74, 6) is 0.324. The third-order valence-electron chi connectivity index (χ3n) is 5.65. The molecule has 2 aromatic rings. The number of amides is 1. The molecule has 174 valence electrons. The average molecular weight is 480 g/mol. The zero-order valence-corrected chi connectivity index (χ0v) is 20.0. The summed E-state index contributed by atoms with van der Waals surface area (Å²) < 4.78 is 33.6. The Morgan fingerprint density at radius 2 is 1.88 bits per heavy atom. The maximum atomic E-state index is 13.5. The van der Waals surface area contributed by atoms with Gasteiger partial charge in [-0.15, -0.1) is 0 Å². The molecule has 9 heteroatoms. The molecule has 32 heavy (non-hydrogen) atoms. The third-order valence-corrected chi connectivity index (χ3v) is 7.81. The van der Waals surface area contributed by atoms with Gasteiger partial charge >= 0.3 is 0 Å². The van der Waals surface area contributed by atoms with Crippen LogP contribution in [0.15, 0.2) is 53.4 Å². The monoisotopic (exact) mass is 479 g/mol. The van der Waals surface area contributed by atoms with Gasteiger partial charge in [-0.2, -0.15) is 4.31 Å². The molecule has 1 aliphatic rings. The molecule has 0 bridgehead atoms. The summed E-state index contributed by atoms with van der Waals surface area (Å²) in [5, 5.41) is 3.44. The summed E-state index contributed by atoms with van der Waals surface area (Å²) >= 11 is 6.20. The predicted octanol–water partition coefficient (Wildman–Crippen LogP) is 2.96. The molecular weight excluding hydrogens is 450 g/mol. The number of carbonyl (C=O) groups excluding carboxylic acids is 1. The highest BCUT2D eigenvalue weighted by Crippen LogP contribution is 2.29. The molecule has 1 heterocycles. The fraction of sp³-hybridized carbons (Fsp3) is 0.435.